The van der Waals surface area contributed by atoms with Gasteiger partial charge in [0.05, 0.1) is 59.5 Å². The van der Waals surface area contributed by atoms with Crippen molar-refractivity contribution >= 4 is 43.2 Å². The minimum atomic E-state index is -5.79. The molecule has 0 aliphatic heterocycles. The van der Waals surface area contributed by atoms with E-state index in [4.69, 9.17) is 68.7 Å². The quantitative estimate of drug-likeness (QED) is 0.0211. The molecule has 22 nitrogen and oxygen atoms in total. The van der Waals surface area contributed by atoms with E-state index in [0.717, 1.165) is 57.8 Å². The maximum atomic E-state index is 16.7. The SMILES string of the molecule is CCCCCCCCCCCCCCCC(=O)OC[C@@H](COP(=O)(O)OC1[C@H](OCc2ccccc2)[C@H](OP(=O)(OCc2ccccc2)OCc2ccccc2)C(OP(=O)(OCc2ccccc2)OCc2ccccc2)[C@H](OP(=O)(OCc2ccccc2)OCc2ccccc2)[C@H]1OCc1ccccc1)OC(=O)CCCCCCCCCCCCCCC. The molecule has 1 aliphatic carbocycles. The highest BCUT2D eigenvalue weighted by Crippen LogP contribution is 2.62. The first kappa shape index (κ1) is 99.8. The van der Waals surface area contributed by atoms with Gasteiger partial charge in [-0.25, -0.2) is 18.3 Å². The van der Waals surface area contributed by atoms with Gasteiger partial charge in [-0.2, -0.15) is 0 Å². The Balaban J connectivity index is 1.13. The van der Waals surface area contributed by atoms with Crippen molar-refractivity contribution in [2.45, 2.75) is 289 Å². The number of unbranched alkanes of at least 4 members (excludes halogenated alkanes) is 24. The first-order valence-electron chi connectivity index (χ1n) is 44.3. The predicted molar refractivity (Wildman–Crippen MR) is 477 cm³/mol. The third kappa shape index (κ3) is 39.9. The molecule has 0 spiro atoms. The molecule has 8 aromatic carbocycles. The van der Waals surface area contributed by atoms with Crippen LogP contribution in [0.25, 0.3) is 0 Å². The van der Waals surface area contributed by atoms with Crippen LogP contribution in [0.4, 0.5) is 0 Å². The standard InChI is InChI=1S/C97H130O22P4/c1-3-5-7-9-11-13-15-17-19-21-23-25-51-69-90(98)105-79-89(115-91(99)70-52-26-24-22-20-18-16-14-12-10-8-6-4-2)80-108-120(100,101)116-94-92(106-71-81-53-35-27-36-54-81)95(117-121(102,109-73-83-57-39-29-40-58-83)110-74-84-59-41-30-42-60-84)97(119-123(104,113-77-87-65-47-33-48-66-87)114-78-88-67-49-34-50-68-88)96(93(94)107-72-82-55-37-28-38-56-82)118-122(103,111-75-85-61-43-31-44-62-85)112-76-86-63-45-32-46-64-86/h27-50,53-68,89,92-97H,3-26,51-52,69-80H2,1-2H3,(H,100,101)/t89-,92-,93-,94?,95-,96+,97?/m0/s1. The molecule has 0 bridgehead atoms. The monoisotopic (exact) mass is 1770 g/mol. The molecule has 8 atom stereocenters. The zero-order chi connectivity index (χ0) is 86.6. The van der Waals surface area contributed by atoms with Gasteiger partial charge in [-0.1, -0.05) is 411 Å². The van der Waals surface area contributed by atoms with Crippen molar-refractivity contribution < 1.29 is 101 Å². The first-order chi connectivity index (χ1) is 60.1. The van der Waals surface area contributed by atoms with Gasteiger partial charge in [0.25, 0.3) is 0 Å². The van der Waals surface area contributed by atoms with Gasteiger partial charge in [-0.15, -0.1) is 0 Å². The van der Waals surface area contributed by atoms with Crippen LogP contribution < -0.4 is 0 Å². The summed E-state index contributed by atoms with van der Waals surface area (Å²) in [6, 6.07) is 70.1. The molecule has 1 aliphatic rings. The molecule has 0 heterocycles. The van der Waals surface area contributed by atoms with Gasteiger partial charge in [-0.05, 0) is 57.3 Å². The minimum absolute atomic E-state index is 0.00705. The summed E-state index contributed by atoms with van der Waals surface area (Å²) in [6.07, 6.45) is 14.4. The van der Waals surface area contributed by atoms with Crippen LogP contribution in [0.3, 0.4) is 0 Å². The van der Waals surface area contributed by atoms with Crippen LogP contribution in [0, 0.1) is 0 Å². The Bertz CT molecular complexity index is 4020. The fraction of sp³-hybridized carbons (Fsp3) is 0.485. The van der Waals surface area contributed by atoms with Crippen molar-refractivity contribution in [2.75, 3.05) is 13.2 Å². The summed E-state index contributed by atoms with van der Waals surface area (Å²) in [4.78, 5) is 40.7. The second-order valence-corrected chi connectivity index (χ2v) is 37.5. The van der Waals surface area contributed by atoms with E-state index in [1.807, 2.05) is 0 Å². The molecule has 1 saturated carbocycles. The van der Waals surface area contributed by atoms with E-state index >= 15 is 18.3 Å². The molecule has 123 heavy (non-hydrogen) atoms. The normalized spacial score (nSPS) is 17.0. The Morgan fingerprint density at radius 1 is 0.268 bits per heavy atom. The molecule has 670 valence electrons. The average Bonchev–Trinajstić information content (AvgIpc) is 0.741. The Hall–Kier alpha value is -6.94. The van der Waals surface area contributed by atoms with Crippen LogP contribution in [0.5, 0.6) is 0 Å². The van der Waals surface area contributed by atoms with Gasteiger partial charge in [0.1, 0.15) is 43.2 Å². The molecule has 9 rings (SSSR count). The minimum Gasteiger partial charge on any atom is -0.462 e. The zero-order valence-electron chi connectivity index (χ0n) is 71.8. The van der Waals surface area contributed by atoms with Crippen molar-refractivity contribution in [3.05, 3.63) is 287 Å². The summed E-state index contributed by atoms with van der Waals surface area (Å²) < 4.78 is 165. The fourth-order valence-electron chi connectivity index (χ4n) is 14.2. The van der Waals surface area contributed by atoms with Gasteiger partial charge in [-0.3, -0.25) is 59.4 Å². The molecule has 0 radical (unpaired) electrons. The molecule has 0 amide bonds. The number of phosphoric ester groups is 4. The van der Waals surface area contributed by atoms with E-state index in [0.29, 0.717) is 57.3 Å². The van der Waals surface area contributed by atoms with E-state index in [-0.39, 0.29) is 26.1 Å². The second-order valence-electron chi connectivity index (χ2n) is 31.2. The molecular weight excluding hydrogens is 1640 g/mol. The summed E-state index contributed by atoms with van der Waals surface area (Å²) in [5.74, 6) is -1.22. The molecule has 8 aromatic rings. The lowest BCUT2D eigenvalue weighted by molar-refractivity contribution is -0.240. The number of benzene rings is 8. The lowest BCUT2D eigenvalue weighted by Crippen LogP contribution is -2.67. The highest BCUT2D eigenvalue weighted by atomic mass is 31.2. The highest BCUT2D eigenvalue weighted by Gasteiger charge is 2.62. The van der Waals surface area contributed by atoms with Crippen LogP contribution >= 0.6 is 31.3 Å². The second kappa shape index (κ2) is 57.7. The molecule has 0 aromatic heterocycles. The van der Waals surface area contributed by atoms with Gasteiger partial charge in [0.2, 0.25) is 0 Å². The first-order valence-corrected chi connectivity index (χ1v) is 50.2. The highest BCUT2D eigenvalue weighted by molar-refractivity contribution is 7.49. The number of ether oxygens (including phenoxy) is 4. The zero-order valence-corrected chi connectivity index (χ0v) is 75.4. The number of hydrogen-bond acceptors (Lipinski definition) is 21. The molecule has 26 heteroatoms. The lowest BCUT2D eigenvalue weighted by atomic mass is 9.84. The number of carbonyl (C=O) groups excluding carboxylic acids is 2. The molecule has 1 N–H and O–H groups in total. The van der Waals surface area contributed by atoms with Gasteiger partial charge < -0.3 is 23.8 Å². The molecule has 1 fully saturated rings. The number of phosphoric acid groups is 4. The Kier molecular flexibility index (Phi) is 46.8. The Labute approximate surface area is 730 Å². The third-order valence-electron chi connectivity index (χ3n) is 21.0. The predicted octanol–water partition coefficient (Wildman–Crippen LogP) is 25.9. The summed E-state index contributed by atoms with van der Waals surface area (Å²) in [5, 5.41) is 0. The smallest absolute Gasteiger partial charge is 0.462 e. The molecule has 3 unspecified atom stereocenters. The maximum absolute atomic E-state index is 16.7. The van der Waals surface area contributed by atoms with Gasteiger partial charge in [0, 0.05) is 12.8 Å². The van der Waals surface area contributed by atoms with Crippen molar-refractivity contribution in [1.29, 1.82) is 0 Å². The third-order valence-corrected chi connectivity index (χ3v) is 26.2. The Morgan fingerprint density at radius 2 is 0.488 bits per heavy atom. The van der Waals surface area contributed by atoms with Gasteiger partial charge >= 0.3 is 43.2 Å². The van der Waals surface area contributed by atoms with Crippen LogP contribution in [0.1, 0.15) is 238 Å². The summed E-state index contributed by atoms with van der Waals surface area (Å²) >= 11 is 0. The largest absolute Gasteiger partial charge is 0.475 e. The van der Waals surface area contributed by atoms with E-state index < -0.39 is 139 Å². The van der Waals surface area contributed by atoms with Crippen LogP contribution in [-0.2, 0) is 149 Å². The molecule has 0 saturated heterocycles. The number of esters is 2. The van der Waals surface area contributed by atoms with Crippen LogP contribution in [-0.4, -0.2) is 72.8 Å². The summed E-state index contributed by atoms with van der Waals surface area (Å²) in [7, 11) is -21.7. The topological polar surface area (TPSA) is 261 Å². The van der Waals surface area contributed by atoms with Gasteiger partial charge in [0.15, 0.2) is 6.10 Å². The summed E-state index contributed by atoms with van der Waals surface area (Å²) in [6.45, 7) is -0.288. The lowest BCUT2D eigenvalue weighted by Gasteiger charge is -2.49. The van der Waals surface area contributed by atoms with E-state index in [1.165, 1.54) is 96.3 Å². The number of hydrogen-bond donors (Lipinski definition) is 1. The fourth-order valence-corrected chi connectivity index (χ4v) is 19.2. The van der Waals surface area contributed by atoms with E-state index in [1.54, 1.807) is 243 Å². The van der Waals surface area contributed by atoms with Crippen molar-refractivity contribution in [2.24, 2.45) is 0 Å². The average molecular weight is 1770 g/mol. The summed E-state index contributed by atoms with van der Waals surface area (Å²) in [5.41, 5.74) is 4.13. The van der Waals surface area contributed by atoms with Crippen LogP contribution in [0.15, 0.2) is 243 Å². The van der Waals surface area contributed by atoms with Crippen molar-refractivity contribution in [3.8, 4) is 0 Å². The number of rotatable bonds is 66. The van der Waals surface area contributed by atoms with E-state index in [2.05, 4.69) is 13.8 Å². The van der Waals surface area contributed by atoms with Crippen molar-refractivity contribution in [3.63, 3.8) is 0 Å². The Morgan fingerprint density at radius 3 is 0.748 bits per heavy atom. The van der Waals surface area contributed by atoms with E-state index in [9.17, 15) is 14.5 Å². The number of carbonyl (C=O) groups is 2. The van der Waals surface area contributed by atoms with Crippen molar-refractivity contribution in [1.82, 2.24) is 0 Å². The van der Waals surface area contributed by atoms with Crippen LogP contribution in [0.2, 0.25) is 0 Å². The molecular formula is C97H130O22P4. The maximum Gasteiger partial charge on any atom is 0.475 e.